The molecule has 2 rings (SSSR count). The van der Waals surface area contributed by atoms with Gasteiger partial charge < -0.3 is 14.8 Å². The molecule has 1 aliphatic rings. The number of ether oxygens (including phenoxy) is 2. The van der Waals surface area contributed by atoms with Gasteiger partial charge in [-0.25, -0.2) is 9.59 Å². The molecular weight excluding hydrogens is 428 g/mol. The summed E-state index contributed by atoms with van der Waals surface area (Å²) in [6, 6.07) is 0. The third-order valence-corrected chi connectivity index (χ3v) is 10.3. The zero-order valence-electron chi connectivity index (χ0n) is 21.3. The van der Waals surface area contributed by atoms with Crippen molar-refractivity contribution in [3.8, 4) is 0 Å². The topological polar surface area (TPSA) is 103 Å². The molecule has 0 bridgehead atoms. The van der Waals surface area contributed by atoms with Gasteiger partial charge in [0.15, 0.2) is 0 Å². The zero-order valence-corrected chi connectivity index (χ0v) is 22.3. The fourth-order valence-corrected chi connectivity index (χ4v) is 3.98. The van der Waals surface area contributed by atoms with Crippen molar-refractivity contribution >= 4 is 32.0 Å². The lowest BCUT2D eigenvalue weighted by Gasteiger charge is -2.35. The normalized spacial score (nSPS) is 15.9. The average Bonchev–Trinajstić information content (AvgIpc) is 3.08. The first-order valence-corrected chi connectivity index (χ1v) is 14.5. The van der Waals surface area contributed by atoms with Crippen molar-refractivity contribution in [2.75, 3.05) is 11.9 Å². The van der Waals surface area contributed by atoms with Gasteiger partial charge in [-0.05, 0) is 41.5 Å². The van der Waals surface area contributed by atoms with Crippen molar-refractivity contribution in [3.05, 3.63) is 11.3 Å². The number of nitrogens with one attached hydrogen (secondary N) is 1. The zero-order chi connectivity index (χ0) is 24.9. The Kier molecular flexibility index (Phi) is 6.64. The number of nitrogens with zero attached hydrogens (tertiary/aromatic N) is 3. The van der Waals surface area contributed by atoms with Gasteiger partial charge in [-0.1, -0.05) is 33.5 Å². The summed E-state index contributed by atoms with van der Waals surface area (Å²) < 4.78 is 11.8. The maximum atomic E-state index is 13.3. The first kappa shape index (κ1) is 25.9. The molecule has 10 heteroatoms. The molecule has 0 aliphatic carbocycles. The Bertz CT molecular complexity index is 922. The summed E-state index contributed by atoms with van der Waals surface area (Å²) >= 11 is 0. The third kappa shape index (κ3) is 4.69. The molecule has 180 valence electrons. The number of aromatic nitrogens is 2. The van der Waals surface area contributed by atoms with Gasteiger partial charge in [-0.15, -0.1) is 4.68 Å². The Balaban J connectivity index is 2.54. The minimum Gasteiger partial charge on any atom is -0.448 e. The smallest absolute Gasteiger partial charge is 0.436 e. The Morgan fingerprint density at radius 3 is 2.12 bits per heavy atom. The lowest BCUT2D eigenvalue weighted by molar-refractivity contribution is -0.118. The van der Waals surface area contributed by atoms with E-state index in [1.807, 2.05) is 27.7 Å². The fourth-order valence-electron chi connectivity index (χ4n) is 3.23. The minimum atomic E-state index is -1.90. The molecule has 0 radical (unpaired) electrons. The van der Waals surface area contributed by atoms with Crippen LogP contribution < -0.4 is 5.32 Å². The van der Waals surface area contributed by atoms with E-state index in [2.05, 4.69) is 30.1 Å². The number of amides is 2. The standard InChI is InChI=1S/C22H38N4O5Si/c1-12-30-19(29)26-16(23-17(27)22(7,8)32(9,10)11)14-13-25(18(28)31-20(2,3)4)21(5,6)15(14)24-26/h12-13H2,1-11H3,(H,23,27). The van der Waals surface area contributed by atoms with Gasteiger partial charge >= 0.3 is 12.2 Å². The molecule has 1 aliphatic heterocycles. The molecule has 0 saturated heterocycles. The van der Waals surface area contributed by atoms with E-state index in [4.69, 9.17) is 9.47 Å². The van der Waals surface area contributed by atoms with E-state index in [9.17, 15) is 14.4 Å². The average molecular weight is 467 g/mol. The highest BCUT2D eigenvalue weighted by Gasteiger charge is 2.48. The van der Waals surface area contributed by atoms with Crippen LogP contribution in [0.1, 0.15) is 66.6 Å². The monoisotopic (exact) mass is 466 g/mol. The van der Waals surface area contributed by atoms with Crippen LogP contribution in [0.5, 0.6) is 0 Å². The molecular formula is C22H38N4O5Si. The van der Waals surface area contributed by atoms with Crippen LogP contribution in [0.3, 0.4) is 0 Å². The van der Waals surface area contributed by atoms with E-state index in [1.165, 1.54) is 0 Å². The predicted molar refractivity (Wildman–Crippen MR) is 125 cm³/mol. The van der Waals surface area contributed by atoms with Crippen LogP contribution in [0.25, 0.3) is 0 Å². The predicted octanol–water partition coefficient (Wildman–Crippen LogP) is 4.93. The van der Waals surface area contributed by atoms with Crippen LogP contribution >= 0.6 is 0 Å². The number of hydrogen-bond acceptors (Lipinski definition) is 6. The maximum absolute atomic E-state index is 13.3. The highest BCUT2D eigenvalue weighted by Crippen LogP contribution is 2.44. The van der Waals surface area contributed by atoms with E-state index in [0.29, 0.717) is 11.3 Å². The Labute approximate surface area is 191 Å². The summed E-state index contributed by atoms with van der Waals surface area (Å²) in [6.07, 6.45) is -1.16. The molecule has 0 fully saturated rings. The molecule has 1 aromatic heterocycles. The van der Waals surface area contributed by atoms with Crippen molar-refractivity contribution in [1.82, 2.24) is 14.7 Å². The summed E-state index contributed by atoms with van der Waals surface area (Å²) in [7, 11) is -1.90. The number of anilines is 1. The molecule has 1 aromatic rings. The van der Waals surface area contributed by atoms with Crippen LogP contribution in [0.15, 0.2) is 0 Å². The van der Waals surface area contributed by atoms with Crippen molar-refractivity contribution in [3.63, 3.8) is 0 Å². The van der Waals surface area contributed by atoms with Crippen LogP contribution in [0.4, 0.5) is 15.4 Å². The fraction of sp³-hybridized carbons (Fsp3) is 0.727. The second-order valence-electron chi connectivity index (χ2n) is 11.2. The molecule has 9 nitrogen and oxygen atoms in total. The lowest BCUT2D eigenvalue weighted by Crippen LogP contribution is -2.45. The summed E-state index contributed by atoms with van der Waals surface area (Å²) in [5, 5.41) is 6.81. The number of fused-ring (bicyclic) bond motifs is 1. The van der Waals surface area contributed by atoms with E-state index in [0.717, 1.165) is 4.68 Å². The van der Waals surface area contributed by atoms with Crippen LogP contribution in [-0.4, -0.2) is 53.1 Å². The molecule has 0 aromatic carbocycles. The van der Waals surface area contributed by atoms with Crippen LogP contribution in [0, 0.1) is 0 Å². The highest BCUT2D eigenvalue weighted by molar-refractivity contribution is 6.82. The van der Waals surface area contributed by atoms with Gasteiger partial charge in [0.25, 0.3) is 0 Å². The highest BCUT2D eigenvalue weighted by atomic mass is 28.3. The van der Waals surface area contributed by atoms with E-state index in [-0.39, 0.29) is 24.9 Å². The Hall–Kier alpha value is -2.36. The van der Waals surface area contributed by atoms with Gasteiger partial charge in [0, 0.05) is 10.6 Å². The second-order valence-corrected chi connectivity index (χ2v) is 17.0. The molecule has 1 N–H and O–H groups in total. The Morgan fingerprint density at radius 1 is 1.09 bits per heavy atom. The van der Waals surface area contributed by atoms with Gasteiger partial charge in [-0.2, -0.15) is 5.10 Å². The van der Waals surface area contributed by atoms with Gasteiger partial charge in [0.05, 0.1) is 32.5 Å². The summed E-state index contributed by atoms with van der Waals surface area (Å²) in [5.74, 6) is 0.0485. The lowest BCUT2D eigenvalue weighted by atomic mass is 10.0. The maximum Gasteiger partial charge on any atom is 0.436 e. The Morgan fingerprint density at radius 2 is 1.66 bits per heavy atom. The van der Waals surface area contributed by atoms with E-state index in [1.54, 1.807) is 32.6 Å². The van der Waals surface area contributed by atoms with Crippen LogP contribution in [0.2, 0.25) is 24.7 Å². The third-order valence-electron chi connectivity index (χ3n) is 6.28. The second kappa shape index (κ2) is 8.20. The van der Waals surface area contributed by atoms with Gasteiger partial charge in [-0.3, -0.25) is 9.69 Å². The van der Waals surface area contributed by atoms with E-state index < -0.39 is 36.4 Å². The SMILES string of the molecule is CCOC(=O)n1nc2c(c1NC(=O)C(C)(C)[Si](C)(C)C)CN(C(=O)OC(C)(C)C)C2(C)C. The summed E-state index contributed by atoms with van der Waals surface area (Å²) in [4.78, 5) is 40.4. The first-order chi connectivity index (χ1) is 14.3. The largest absolute Gasteiger partial charge is 0.448 e. The van der Waals surface area contributed by atoms with E-state index >= 15 is 0 Å². The van der Waals surface area contributed by atoms with Gasteiger partial charge in [0.1, 0.15) is 11.4 Å². The van der Waals surface area contributed by atoms with Crippen molar-refractivity contribution in [1.29, 1.82) is 0 Å². The molecule has 0 spiro atoms. The van der Waals surface area contributed by atoms with Crippen molar-refractivity contribution in [2.24, 2.45) is 0 Å². The molecule has 32 heavy (non-hydrogen) atoms. The molecule has 2 amide bonds. The molecule has 2 heterocycles. The number of rotatable bonds is 4. The molecule has 0 atom stereocenters. The molecule has 0 unspecified atom stereocenters. The summed E-state index contributed by atoms with van der Waals surface area (Å²) in [6.45, 7) is 21.3. The van der Waals surface area contributed by atoms with Crippen LogP contribution in [-0.2, 0) is 26.4 Å². The van der Waals surface area contributed by atoms with Crippen molar-refractivity contribution in [2.45, 2.75) is 97.8 Å². The quantitative estimate of drug-likeness (QED) is 0.631. The number of carbonyl (C=O) groups excluding carboxylic acids is 3. The number of carbonyl (C=O) groups is 3. The number of hydrogen-bond donors (Lipinski definition) is 1. The van der Waals surface area contributed by atoms with Crippen molar-refractivity contribution < 1.29 is 23.9 Å². The van der Waals surface area contributed by atoms with Gasteiger partial charge in [0.2, 0.25) is 5.91 Å². The minimum absolute atomic E-state index is 0.152. The first-order valence-electron chi connectivity index (χ1n) is 11.0. The molecule has 0 saturated carbocycles. The summed E-state index contributed by atoms with van der Waals surface area (Å²) in [5.41, 5.74) is -0.370.